The van der Waals surface area contributed by atoms with Crippen molar-refractivity contribution >= 4 is 39.4 Å². The van der Waals surface area contributed by atoms with Crippen molar-refractivity contribution in [3.05, 3.63) is 40.9 Å². The molecular formula is C11H10N2O4S2. The van der Waals surface area contributed by atoms with Crippen LogP contribution in [0.3, 0.4) is 0 Å². The lowest BCUT2D eigenvalue weighted by Crippen LogP contribution is -2.19. The Kier molecular flexibility index (Phi) is 3.93. The van der Waals surface area contributed by atoms with E-state index in [0.717, 1.165) is 9.18 Å². The lowest BCUT2D eigenvalue weighted by Gasteiger charge is -2.16. The molecule has 6 nitrogen and oxygen atoms in total. The van der Waals surface area contributed by atoms with Crippen molar-refractivity contribution in [2.75, 3.05) is 4.31 Å². The number of benzene rings is 1. The highest BCUT2D eigenvalue weighted by Crippen LogP contribution is 2.30. The summed E-state index contributed by atoms with van der Waals surface area (Å²) < 4.78 is 21.9. The van der Waals surface area contributed by atoms with E-state index in [-0.39, 0.29) is 5.56 Å². The molecule has 0 aliphatic heterocycles. The average molecular weight is 298 g/mol. The van der Waals surface area contributed by atoms with E-state index in [1.54, 1.807) is 6.20 Å². The topological polar surface area (TPSA) is 90.7 Å². The first-order chi connectivity index (χ1) is 8.99. The fraction of sp³-hybridized carbons (Fsp3) is 0.0909. The summed E-state index contributed by atoms with van der Waals surface area (Å²) in [6.45, 7) is 1.84. The molecule has 0 amide bonds. The fourth-order valence-electron chi connectivity index (χ4n) is 1.44. The zero-order chi connectivity index (χ0) is 14.0. The van der Waals surface area contributed by atoms with Gasteiger partial charge in [0.1, 0.15) is 0 Å². The average Bonchev–Trinajstić information content (AvgIpc) is 2.76. The number of carboxylic acid groups (broad SMARTS) is 1. The second-order valence-corrected chi connectivity index (χ2v) is 5.67. The molecule has 0 spiro atoms. The SMILES string of the molecule is Cc1cnc(N(c2ccc(C(=O)O)cc2)S(=O)O)s1. The van der Waals surface area contributed by atoms with Gasteiger partial charge in [0.25, 0.3) is 11.3 Å². The molecule has 1 aromatic heterocycles. The highest BCUT2D eigenvalue weighted by Gasteiger charge is 2.18. The molecule has 8 heteroatoms. The van der Waals surface area contributed by atoms with E-state index in [1.165, 1.54) is 35.6 Å². The Bertz CT molecular complexity index is 624. The summed E-state index contributed by atoms with van der Waals surface area (Å²) >= 11 is -1.00. The molecule has 100 valence electrons. The van der Waals surface area contributed by atoms with E-state index < -0.39 is 17.2 Å². The number of carbonyl (C=O) groups is 1. The Morgan fingerprint density at radius 1 is 1.37 bits per heavy atom. The van der Waals surface area contributed by atoms with Gasteiger partial charge in [-0.1, -0.05) is 0 Å². The lowest BCUT2D eigenvalue weighted by molar-refractivity contribution is 0.0697. The first-order valence-corrected chi connectivity index (χ1v) is 7.04. The van der Waals surface area contributed by atoms with Crippen LogP contribution in [-0.4, -0.2) is 24.8 Å². The predicted octanol–water partition coefficient (Wildman–Crippen LogP) is 2.42. The van der Waals surface area contributed by atoms with Gasteiger partial charge >= 0.3 is 5.97 Å². The van der Waals surface area contributed by atoms with Crippen LogP contribution in [0, 0.1) is 6.92 Å². The quantitative estimate of drug-likeness (QED) is 0.846. The maximum Gasteiger partial charge on any atom is 0.335 e. The monoisotopic (exact) mass is 298 g/mol. The van der Waals surface area contributed by atoms with Crippen LogP contribution in [0.2, 0.25) is 0 Å². The van der Waals surface area contributed by atoms with Gasteiger partial charge in [0.2, 0.25) is 5.13 Å². The summed E-state index contributed by atoms with van der Waals surface area (Å²) in [4.78, 5) is 15.7. The van der Waals surface area contributed by atoms with Crippen molar-refractivity contribution in [1.29, 1.82) is 0 Å². The molecule has 0 bridgehead atoms. The van der Waals surface area contributed by atoms with Gasteiger partial charge < -0.3 is 5.11 Å². The number of aromatic nitrogens is 1. The Labute approximate surface area is 115 Å². The summed E-state index contributed by atoms with van der Waals surface area (Å²) in [5.41, 5.74) is 0.517. The molecule has 0 saturated carbocycles. The summed E-state index contributed by atoms with van der Waals surface area (Å²) in [5, 5.41) is 9.19. The molecule has 0 fully saturated rings. The van der Waals surface area contributed by atoms with Crippen LogP contribution in [0.25, 0.3) is 0 Å². The van der Waals surface area contributed by atoms with Crippen molar-refractivity contribution < 1.29 is 18.7 Å². The Morgan fingerprint density at radius 3 is 2.42 bits per heavy atom. The number of anilines is 2. The van der Waals surface area contributed by atoms with Gasteiger partial charge in [-0.2, -0.15) is 0 Å². The van der Waals surface area contributed by atoms with Crippen LogP contribution in [-0.2, 0) is 11.3 Å². The van der Waals surface area contributed by atoms with E-state index in [2.05, 4.69) is 4.98 Å². The minimum atomic E-state index is -2.28. The van der Waals surface area contributed by atoms with Crippen LogP contribution in [0.4, 0.5) is 10.8 Å². The molecule has 0 radical (unpaired) electrons. The number of aromatic carboxylic acids is 1. The van der Waals surface area contributed by atoms with Crippen LogP contribution < -0.4 is 4.31 Å². The number of hydrogen-bond donors (Lipinski definition) is 2. The standard InChI is InChI=1S/C11H10N2O4S2/c1-7-6-12-11(18-7)13(19(16)17)9-4-2-8(3-5-9)10(14)15/h2-6H,1H3,(H,14,15)(H,16,17). The molecule has 2 aromatic rings. The van der Waals surface area contributed by atoms with Crippen molar-refractivity contribution in [3.63, 3.8) is 0 Å². The van der Waals surface area contributed by atoms with Crippen molar-refractivity contribution in [2.45, 2.75) is 6.92 Å². The van der Waals surface area contributed by atoms with Gasteiger partial charge in [-0.05, 0) is 31.2 Å². The van der Waals surface area contributed by atoms with Crippen molar-refractivity contribution in [1.82, 2.24) is 4.98 Å². The van der Waals surface area contributed by atoms with Crippen LogP contribution in [0.1, 0.15) is 15.2 Å². The first kappa shape index (κ1) is 13.7. The maximum atomic E-state index is 11.4. The summed E-state index contributed by atoms with van der Waals surface area (Å²) in [7, 11) is 0. The van der Waals surface area contributed by atoms with E-state index in [1.807, 2.05) is 6.92 Å². The Balaban J connectivity index is 2.40. The molecule has 2 N–H and O–H groups in total. The lowest BCUT2D eigenvalue weighted by atomic mass is 10.2. The molecule has 19 heavy (non-hydrogen) atoms. The highest BCUT2D eigenvalue weighted by molar-refractivity contribution is 7.81. The summed E-state index contributed by atoms with van der Waals surface area (Å²) in [5.74, 6) is -1.05. The molecule has 0 aliphatic carbocycles. The number of nitrogens with zero attached hydrogens (tertiary/aromatic N) is 2. The molecule has 2 rings (SSSR count). The molecule has 1 unspecified atom stereocenters. The normalized spacial score (nSPS) is 12.1. The summed E-state index contributed by atoms with van der Waals surface area (Å²) in [6.07, 6.45) is 1.60. The van der Waals surface area contributed by atoms with E-state index in [0.29, 0.717) is 10.8 Å². The zero-order valence-corrected chi connectivity index (χ0v) is 11.4. The molecule has 0 saturated heterocycles. The van der Waals surface area contributed by atoms with Gasteiger partial charge in [0.05, 0.1) is 11.3 Å². The number of carboxylic acids is 1. The zero-order valence-electron chi connectivity index (χ0n) is 9.81. The molecule has 1 atom stereocenters. The van der Waals surface area contributed by atoms with E-state index >= 15 is 0 Å². The van der Waals surface area contributed by atoms with Crippen LogP contribution >= 0.6 is 11.3 Å². The second-order valence-electron chi connectivity index (χ2n) is 3.63. The van der Waals surface area contributed by atoms with Gasteiger partial charge in [-0.3, -0.25) is 4.55 Å². The smallest absolute Gasteiger partial charge is 0.335 e. The van der Waals surface area contributed by atoms with E-state index in [4.69, 9.17) is 5.11 Å². The third-order valence-corrected chi connectivity index (χ3v) is 4.00. The third-order valence-electron chi connectivity index (χ3n) is 2.29. The highest BCUT2D eigenvalue weighted by atomic mass is 32.2. The number of thiazole rings is 1. The van der Waals surface area contributed by atoms with Crippen LogP contribution in [0.15, 0.2) is 30.5 Å². The first-order valence-electron chi connectivity index (χ1n) is 5.16. The number of hydrogen-bond acceptors (Lipinski definition) is 4. The molecule has 0 aliphatic rings. The van der Waals surface area contributed by atoms with Gasteiger partial charge in [-0.15, -0.1) is 11.3 Å². The Hall–Kier alpha value is -1.77. The fourth-order valence-corrected chi connectivity index (χ4v) is 2.92. The molecule has 1 aromatic carbocycles. The number of rotatable bonds is 4. The maximum absolute atomic E-state index is 11.4. The number of aryl methyl sites for hydroxylation is 1. The summed E-state index contributed by atoms with van der Waals surface area (Å²) in [6, 6.07) is 5.68. The molecular weight excluding hydrogens is 288 g/mol. The third kappa shape index (κ3) is 2.98. The van der Waals surface area contributed by atoms with Crippen LogP contribution in [0.5, 0.6) is 0 Å². The second kappa shape index (κ2) is 5.47. The molecule has 1 heterocycles. The minimum absolute atomic E-state index is 0.114. The van der Waals surface area contributed by atoms with Gasteiger partial charge in [-0.25, -0.2) is 18.3 Å². The Morgan fingerprint density at radius 2 is 2.00 bits per heavy atom. The van der Waals surface area contributed by atoms with Crippen molar-refractivity contribution in [3.8, 4) is 0 Å². The van der Waals surface area contributed by atoms with E-state index in [9.17, 15) is 13.6 Å². The van der Waals surface area contributed by atoms with Gasteiger partial charge in [0.15, 0.2) is 0 Å². The predicted molar refractivity (Wildman–Crippen MR) is 73.2 cm³/mol. The largest absolute Gasteiger partial charge is 0.478 e. The van der Waals surface area contributed by atoms with Crippen molar-refractivity contribution in [2.24, 2.45) is 0 Å². The minimum Gasteiger partial charge on any atom is -0.478 e. The van der Waals surface area contributed by atoms with Gasteiger partial charge in [0, 0.05) is 11.1 Å².